The quantitative estimate of drug-likeness (QED) is 0.809. The summed E-state index contributed by atoms with van der Waals surface area (Å²) in [4.78, 5) is 5.13. The van der Waals surface area contributed by atoms with Crippen molar-refractivity contribution in [2.45, 2.75) is 11.5 Å². The highest BCUT2D eigenvalue weighted by atomic mass is 32.2. The minimum Gasteiger partial charge on any atom is -0.443 e. The van der Waals surface area contributed by atoms with E-state index >= 15 is 0 Å². The lowest BCUT2D eigenvalue weighted by Crippen LogP contribution is -1.86. The van der Waals surface area contributed by atoms with Gasteiger partial charge in [-0.1, -0.05) is 12.1 Å². The predicted molar refractivity (Wildman–Crippen MR) is 59.6 cm³/mol. The van der Waals surface area contributed by atoms with Crippen molar-refractivity contribution in [3.63, 3.8) is 0 Å². The van der Waals surface area contributed by atoms with Crippen LogP contribution >= 0.6 is 11.8 Å². The zero-order valence-electron chi connectivity index (χ0n) is 8.30. The first-order valence-corrected chi connectivity index (χ1v) is 5.75. The molecule has 0 amide bonds. The molecule has 2 rings (SSSR count). The van der Waals surface area contributed by atoms with Crippen LogP contribution in [-0.4, -0.2) is 16.3 Å². The van der Waals surface area contributed by atoms with Crippen LogP contribution in [0.3, 0.4) is 0 Å². The van der Waals surface area contributed by atoms with Gasteiger partial charge in [-0.2, -0.15) is 0 Å². The van der Waals surface area contributed by atoms with Gasteiger partial charge in [-0.3, -0.25) is 0 Å². The summed E-state index contributed by atoms with van der Waals surface area (Å²) in [6.07, 6.45) is 3.38. The first-order chi connectivity index (χ1) is 7.35. The highest BCUT2D eigenvalue weighted by Crippen LogP contribution is 2.25. The van der Waals surface area contributed by atoms with E-state index in [9.17, 15) is 0 Å². The molecule has 0 atom stereocenters. The molecule has 0 aliphatic carbocycles. The van der Waals surface area contributed by atoms with Gasteiger partial charge in [0, 0.05) is 10.5 Å². The SMILES string of the molecule is CSc1ccc(-c2ocnc2CO)cc1. The minimum atomic E-state index is -0.101. The predicted octanol–water partition coefficient (Wildman–Crippen LogP) is 2.56. The molecule has 0 saturated carbocycles. The fraction of sp³-hybridized carbons (Fsp3) is 0.182. The molecule has 0 fully saturated rings. The van der Waals surface area contributed by atoms with Gasteiger partial charge in [-0.15, -0.1) is 11.8 Å². The van der Waals surface area contributed by atoms with Gasteiger partial charge < -0.3 is 9.52 Å². The summed E-state index contributed by atoms with van der Waals surface area (Å²) < 4.78 is 5.24. The van der Waals surface area contributed by atoms with Crippen LogP contribution in [0, 0.1) is 0 Å². The van der Waals surface area contributed by atoms with Crippen molar-refractivity contribution in [3.8, 4) is 11.3 Å². The van der Waals surface area contributed by atoms with Crippen LogP contribution in [0.1, 0.15) is 5.69 Å². The minimum absolute atomic E-state index is 0.101. The summed E-state index contributed by atoms with van der Waals surface area (Å²) in [5.74, 6) is 0.644. The number of rotatable bonds is 3. The van der Waals surface area contributed by atoms with Crippen molar-refractivity contribution < 1.29 is 9.52 Å². The summed E-state index contributed by atoms with van der Waals surface area (Å²) in [6, 6.07) is 7.96. The third-order valence-electron chi connectivity index (χ3n) is 2.14. The Bertz CT molecular complexity index is 436. The Kier molecular flexibility index (Phi) is 3.08. The molecule has 1 heterocycles. The molecule has 0 saturated heterocycles. The van der Waals surface area contributed by atoms with Gasteiger partial charge in [0.05, 0.1) is 6.61 Å². The Labute approximate surface area is 92.1 Å². The van der Waals surface area contributed by atoms with Crippen LogP contribution in [-0.2, 0) is 6.61 Å². The van der Waals surface area contributed by atoms with E-state index in [-0.39, 0.29) is 6.61 Å². The Morgan fingerprint density at radius 1 is 1.33 bits per heavy atom. The zero-order valence-corrected chi connectivity index (χ0v) is 9.12. The van der Waals surface area contributed by atoms with Gasteiger partial charge in [0.15, 0.2) is 12.2 Å². The maximum absolute atomic E-state index is 9.04. The molecule has 15 heavy (non-hydrogen) atoms. The molecule has 0 aliphatic heterocycles. The second-order valence-electron chi connectivity index (χ2n) is 3.01. The summed E-state index contributed by atoms with van der Waals surface area (Å²) in [5, 5.41) is 9.04. The third-order valence-corrected chi connectivity index (χ3v) is 2.89. The Hall–Kier alpha value is -1.26. The summed E-state index contributed by atoms with van der Waals surface area (Å²) in [7, 11) is 0. The van der Waals surface area contributed by atoms with Crippen molar-refractivity contribution in [2.75, 3.05) is 6.26 Å². The molecule has 4 heteroatoms. The van der Waals surface area contributed by atoms with Crippen LogP contribution in [0.5, 0.6) is 0 Å². The summed E-state index contributed by atoms with van der Waals surface area (Å²) in [5.41, 5.74) is 1.52. The van der Waals surface area contributed by atoms with E-state index in [1.165, 1.54) is 11.3 Å². The summed E-state index contributed by atoms with van der Waals surface area (Å²) >= 11 is 1.69. The van der Waals surface area contributed by atoms with E-state index in [1.54, 1.807) is 11.8 Å². The van der Waals surface area contributed by atoms with E-state index in [0.29, 0.717) is 11.5 Å². The second-order valence-corrected chi connectivity index (χ2v) is 3.89. The molecule has 0 unspecified atom stereocenters. The van der Waals surface area contributed by atoms with Crippen LogP contribution in [0.4, 0.5) is 0 Å². The second kappa shape index (κ2) is 4.51. The number of nitrogens with zero attached hydrogens (tertiary/aromatic N) is 1. The lowest BCUT2D eigenvalue weighted by atomic mass is 10.1. The Morgan fingerprint density at radius 2 is 2.07 bits per heavy atom. The Balaban J connectivity index is 2.37. The molecule has 1 aromatic carbocycles. The molecular weight excluding hydrogens is 210 g/mol. The average Bonchev–Trinajstić information content (AvgIpc) is 2.77. The largest absolute Gasteiger partial charge is 0.443 e. The molecule has 0 bridgehead atoms. The van der Waals surface area contributed by atoms with Crippen molar-refractivity contribution in [3.05, 3.63) is 36.4 Å². The first-order valence-electron chi connectivity index (χ1n) is 4.53. The maximum atomic E-state index is 9.04. The number of aliphatic hydroxyl groups excluding tert-OH is 1. The van der Waals surface area contributed by atoms with E-state index in [2.05, 4.69) is 4.98 Å². The molecule has 1 N–H and O–H groups in total. The zero-order chi connectivity index (χ0) is 10.7. The average molecular weight is 221 g/mol. The molecule has 3 nitrogen and oxygen atoms in total. The standard InChI is InChI=1S/C11H11NO2S/c1-15-9-4-2-8(3-5-9)11-10(6-13)12-7-14-11/h2-5,7,13H,6H2,1H3. The monoisotopic (exact) mass is 221 g/mol. The van der Waals surface area contributed by atoms with Crippen LogP contribution in [0.15, 0.2) is 40.0 Å². The van der Waals surface area contributed by atoms with E-state index < -0.39 is 0 Å². The topological polar surface area (TPSA) is 46.3 Å². The molecule has 78 valence electrons. The fourth-order valence-electron chi connectivity index (χ4n) is 1.36. The smallest absolute Gasteiger partial charge is 0.181 e. The van der Waals surface area contributed by atoms with Gasteiger partial charge >= 0.3 is 0 Å². The van der Waals surface area contributed by atoms with Crippen LogP contribution < -0.4 is 0 Å². The fourth-order valence-corrected chi connectivity index (χ4v) is 1.77. The number of benzene rings is 1. The van der Waals surface area contributed by atoms with E-state index in [4.69, 9.17) is 9.52 Å². The van der Waals surface area contributed by atoms with Crippen molar-refractivity contribution in [2.24, 2.45) is 0 Å². The van der Waals surface area contributed by atoms with E-state index in [0.717, 1.165) is 5.56 Å². The number of oxazole rings is 1. The number of hydrogen-bond acceptors (Lipinski definition) is 4. The maximum Gasteiger partial charge on any atom is 0.181 e. The van der Waals surface area contributed by atoms with Gasteiger partial charge in [0.2, 0.25) is 0 Å². The Morgan fingerprint density at radius 3 is 2.67 bits per heavy atom. The van der Waals surface area contributed by atoms with Gasteiger partial charge in [0.1, 0.15) is 5.69 Å². The van der Waals surface area contributed by atoms with Gasteiger partial charge in [0.25, 0.3) is 0 Å². The van der Waals surface area contributed by atoms with Gasteiger partial charge in [-0.25, -0.2) is 4.98 Å². The molecule has 0 radical (unpaired) electrons. The highest BCUT2D eigenvalue weighted by molar-refractivity contribution is 7.98. The van der Waals surface area contributed by atoms with Crippen molar-refractivity contribution in [1.29, 1.82) is 0 Å². The third kappa shape index (κ3) is 2.06. The van der Waals surface area contributed by atoms with Crippen LogP contribution in [0.2, 0.25) is 0 Å². The number of thioether (sulfide) groups is 1. The molecule has 0 aliphatic rings. The molecule has 0 spiro atoms. The molecule has 2 aromatic rings. The lowest BCUT2D eigenvalue weighted by Gasteiger charge is -2.00. The normalized spacial score (nSPS) is 10.5. The van der Waals surface area contributed by atoms with Crippen molar-refractivity contribution >= 4 is 11.8 Å². The van der Waals surface area contributed by atoms with Crippen molar-refractivity contribution in [1.82, 2.24) is 4.98 Å². The highest BCUT2D eigenvalue weighted by Gasteiger charge is 2.09. The summed E-state index contributed by atoms with van der Waals surface area (Å²) in [6.45, 7) is -0.101. The van der Waals surface area contributed by atoms with Crippen LogP contribution in [0.25, 0.3) is 11.3 Å². The van der Waals surface area contributed by atoms with E-state index in [1.807, 2.05) is 30.5 Å². The molecular formula is C11H11NO2S. The lowest BCUT2D eigenvalue weighted by molar-refractivity contribution is 0.277. The number of aromatic nitrogens is 1. The first kappa shape index (κ1) is 10.3. The molecule has 1 aromatic heterocycles. The van der Waals surface area contributed by atoms with Gasteiger partial charge in [-0.05, 0) is 18.4 Å². The number of hydrogen-bond donors (Lipinski definition) is 1. The number of aliphatic hydroxyl groups is 1.